The first-order valence-electron chi connectivity index (χ1n) is 8.15. The van der Waals surface area contributed by atoms with Gasteiger partial charge >= 0.3 is 140 Å². The molecule has 2 bridgehead atoms. The van der Waals surface area contributed by atoms with Gasteiger partial charge in [0.2, 0.25) is 0 Å². The fourth-order valence-corrected chi connectivity index (χ4v) is 8.20. The van der Waals surface area contributed by atoms with Crippen LogP contribution >= 0.6 is 0 Å². The van der Waals surface area contributed by atoms with E-state index in [4.69, 9.17) is 4.74 Å². The molecule has 0 amide bonds. The van der Waals surface area contributed by atoms with Crippen molar-refractivity contribution < 1.29 is 9.53 Å². The third-order valence-electron chi connectivity index (χ3n) is 6.36. The number of methoxy groups -OCH3 is 1. The van der Waals surface area contributed by atoms with Gasteiger partial charge in [0, 0.05) is 0 Å². The molecule has 22 heavy (non-hydrogen) atoms. The summed E-state index contributed by atoms with van der Waals surface area (Å²) in [7, 11) is 1.78. The van der Waals surface area contributed by atoms with Crippen LogP contribution in [0.3, 0.4) is 0 Å². The Morgan fingerprint density at radius 2 is 1.95 bits per heavy atom. The predicted molar refractivity (Wildman–Crippen MR) is 90.1 cm³/mol. The van der Waals surface area contributed by atoms with Gasteiger partial charge in [0.25, 0.3) is 0 Å². The summed E-state index contributed by atoms with van der Waals surface area (Å²) < 4.78 is 5.69. The van der Waals surface area contributed by atoms with Crippen LogP contribution in [0.2, 0.25) is 10.1 Å². The van der Waals surface area contributed by atoms with Crippen molar-refractivity contribution >= 4 is 20.7 Å². The van der Waals surface area contributed by atoms with Crippen molar-refractivity contribution in [3.63, 3.8) is 0 Å². The van der Waals surface area contributed by atoms with Crippen molar-refractivity contribution in [3.05, 3.63) is 35.9 Å². The molecule has 1 unspecified atom stereocenters. The molecule has 2 saturated carbocycles. The molecule has 0 N–H and O–H groups in total. The van der Waals surface area contributed by atoms with E-state index >= 15 is 0 Å². The molecule has 2 aliphatic rings. The summed E-state index contributed by atoms with van der Waals surface area (Å²) in [6.45, 7) is 6.82. The average Bonchev–Trinajstić information content (AvgIpc) is 2.82. The Morgan fingerprint density at radius 1 is 1.27 bits per heavy atom. The first-order chi connectivity index (χ1) is 10.4. The van der Waals surface area contributed by atoms with Crippen molar-refractivity contribution in [1.29, 1.82) is 0 Å². The molecular weight excluding hydrogens is 339 g/mol. The molecule has 0 aliphatic heterocycles. The van der Waals surface area contributed by atoms with Crippen LogP contribution in [0.5, 0.6) is 0 Å². The Morgan fingerprint density at radius 3 is 2.50 bits per heavy atom. The fourth-order valence-electron chi connectivity index (χ4n) is 4.35. The topological polar surface area (TPSA) is 26.3 Å². The van der Waals surface area contributed by atoms with Crippen molar-refractivity contribution in [2.75, 3.05) is 7.11 Å². The summed E-state index contributed by atoms with van der Waals surface area (Å²) in [4.78, 5) is 13.2. The second kappa shape index (κ2) is 5.78. The number of fused-ring (bicyclic) bond motifs is 2. The molecule has 0 spiro atoms. The van der Waals surface area contributed by atoms with E-state index in [0.717, 1.165) is 11.7 Å². The number of hydrogen-bond acceptors (Lipinski definition) is 2. The SMILES string of the molecule is COC(C[Se][C@@H]1C(=O)[C@]2(C)CC[C@H]1C2(C)C)c1ccccc1. The molecular formula is C19H26O2Se. The Labute approximate surface area is 140 Å². The van der Waals surface area contributed by atoms with E-state index in [2.05, 4.69) is 45.0 Å². The van der Waals surface area contributed by atoms with Crippen LogP contribution in [-0.4, -0.2) is 27.8 Å². The Hall–Kier alpha value is -0.631. The second-order valence-electron chi connectivity index (χ2n) is 7.45. The Balaban J connectivity index is 1.71. The zero-order chi connectivity index (χ0) is 16.0. The number of Topliss-reactive ketones (excluding diaryl/α,β-unsaturated/α-hetero) is 1. The van der Waals surface area contributed by atoms with Gasteiger partial charge in [0.1, 0.15) is 0 Å². The first-order valence-corrected chi connectivity index (χ1v) is 10.4. The summed E-state index contributed by atoms with van der Waals surface area (Å²) in [5.74, 6) is 1.12. The van der Waals surface area contributed by atoms with Crippen LogP contribution in [0.15, 0.2) is 30.3 Å². The number of benzene rings is 1. The van der Waals surface area contributed by atoms with E-state index in [1.807, 2.05) is 6.07 Å². The number of ketones is 1. The Kier molecular flexibility index (Phi) is 4.26. The first kappa shape index (κ1) is 16.2. The summed E-state index contributed by atoms with van der Waals surface area (Å²) in [5, 5.41) is 0.993. The van der Waals surface area contributed by atoms with Gasteiger partial charge in [0.05, 0.1) is 0 Å². The maximum atomic E-state index is 12.9. The number of carbonyl (C=O) groups is 1. The standard InChI is InChI=1S/C19H26O2Se/c1-18(2)14-10-11-19(18,3)17(20)16(14)22-12-15(21-4)13-8-6-5-7-9-13/h5-9,14-16H,10-12H2,1-4H3/t14-,15?,16+,19+/m1/s1. The minimum absolute atomic E-state index is 0.0839. The molecule has 2 nitrogen and oxygen atoms in total. The third-order valence-corrected chi connectivity index (χ3v) is 9.29. The van der Waals surface area contributed by atoms with Gasteiger partial charge in [-0.3, -0.25) is 0 Å². The summed E-state index contributed by atoms with van der Waals surface area (Å²) in [6, 6.07) is 10.4. The molecule has 120 valence electrons. The van der Waals surface area contributed by atoms with Gasteiger partial charge in [-0.15, -0.1) is 0 Å². The van der Waals surface area contributed by atoms with Gasteiger partial charge in [-0.2, -0.15) is 0 Å². The molecule has 3 heteroatoms. The molecule has 1 aromatic rings. The molecule has 0 heterocycles. The van der Waals surface area contributed by atoms with Gasteiger partial charge in [0.15, 0.2) is 0 Å². The van der Waals surface area contributed by atoms with E-state index in [9.17, 15) is 4.79 Å². The van der Waals surface area contributed by atoms with Crippen LogP contribution < -0.4 is 0 Å². The van der Waals surface area contributed by atoms with Gasteiger partial charge < -0.3 is 0 Å². The molecule has 0 radical (unpaired) electrons. The average molecular weight is 365 g/mol. The second-order valence-corrected chi connectivity index (χ2v) is 9.92. The quantitative estimate of drug-likeness (QED) is 0.727. The van der Waals surface area contributed by atoms with Crippen LogP contribution in [0.25, 0.3) is 0 Å². The molecule has 0 aromatic heterocycles. The molecule has 3 rings (SSSR count). The zero-order valence-corrected chi connectivity index (χ0v) is 15.7. The van der Waals surface area contributed by atoms with Gasteiger partial charge in [-0.1, -0.05) is 0 Å². The van der Waals surface area contributed by atoms with E-state index in [-0.39, 0.29) is 16.9 Å². The number of ether oxygens (including phenoxy) is 1. The van der Waals surface area contributed by atoms with Crippen molar-refractivity contribution in [1.82, 2.24) is 0 Å². The summed E-state index contributed by atoms with van der Waals surface area (Å²) in [5.41, 5.74) is 1.32. The van der Waals surface area contributed by atoms with Crippen molar-refractivity contribution in [3.8, 4) is 0 Å². The number of hydrogen-bond donors (Lipinski definition) is 0. The van der Waals surface area contributed by atoms with Gasteiger partial charge in [-0.25, -0.2) is 0 Å². The van der Waals surface area contributed by atoms with E-state index in [0.29, 0.717) is 31.5 Å². The summed E-state index contributed by atoms with van der Waals surface area (Å²) in [6.07, 6.45) is 2.44. The van der Waals surface area contributed by atoms with Crippen molar-refractivity contribution in [2.45, 2.75) is 49.9 Å². The van der Waals surface area contributed by atoms with Crippen LogP contribution in [0.4, 0.5) is 0 Å². The molecule has 2 fully saturated rings. The summed E-state index contributed by atoms with van der Waals surface area (Å²) >= 11 is 0.313. The normalized spacial score (nSPS) is 34.1. The fraction of sp³-hybridized carbons (Fsp3) is 0.632. The molecule has 0 saturated heterocycles. The maximum absolute atomic E-state index is 12.9. The third kappa shape index (κ3) is 2.29. The van der Waals surface area contributed by atoms with Crippen LogP contribution in [-0.2, 0) is 9.53 Å². The zero-order valence-electron chi connectivity index (χ0n) is 14.0. The molecule has 2 aliphatic carbocycles. The molecule has 1 aromatic carbocycles. The molecule has 4 atom stereocenters. The van der Waals surface area contributed by atoms with E-state index < -0.39 is 0 Å². The monoisotopic (exact) mass is 366 g/mol. The van der Waals surface area contributed by atoms with Crippen molar-refractivity contribution in [2.24, 2.45) is 16.7 Å². The van der Waals surface area contributed by atoms with Crippen LogP contribution in [0.1, 0.15) is 45.3 Å². The van der Waals surface area contributed by atoms with Gasteiger partial charge in [-0.05, 0) is 0 Å². The minimum atomic E-state index is -0.0839. The predicted octanol–water partition coefficient (Wildman–Crippen LogP) is 4.31. The number of rotatable bonds is 5. The Bertz CT molecular complexity index is 554. The van der Waals surface area contributed by atoms with E-state index in [1.54, 1.807) is 7.11 Å². The van der Waals surface area contributed by atoms with Crippen LogP contribution in [0, 0.1) is 16.7 Å². The van der Waals surface area contributed by atoms with E-state index in [1.165, 1.54) is 12.0 Å². The number of carbonyl (C=O) groups excluding carboxylic acids is 1.